The van der Waals surface area contributed by atoms with Crippen molar-refractivity contribution in [2.45, 2.75) is 13.3 Å². The summed E-state index contributed by atoms with van der Waals surface area (Å²) >= 11 is 0. The maximum absolute atomic E-state index is 6.49. The molecule has 1 aliphatic rings. The molecule has 0 radical (unpaired) electrons. The minimum Gasteiger partial charge on any atom is -0.393 e. The van der Waals surface area contributed by atoms with Crippen molar-refractivity contribution in [2.24, 2.45) is 0 Å². The predicted molar refractivity (Wildman–Crippen MR) is 113 cm³/mol. The highest BCUT2D eigenvalue weighted by molar-refractivity contribution is 5.94. The zero-order valence-corrected chi connectivity index (χ0v) is 15.6. The Balaban J connectivity index is 1.55. The quantitative estimate of drug-likeness (QED) is 0.559. The SMILES string of the molecule is Cc1ccc2cccc(Nc3ncnc(N4CCc5ccccc54)c3N)c2n1. The van der Waals surface area contributed by atoms with Gasteiger partial charge >= 0.3 is 0 Å². The first kappa shape index (κ1) is 16.5. The Labute approximate surface area is 163 Å². The van der Waals surface area contributed by atoms with E-state index in [1.54, 1.807) is 6.33 Å². The molecule has 138 valence electrons. The lowest BCUT2D eigenvalue weighted by Gasteiger charge is -2.21. The van der Waals surface area contributed by atoms with Crippen LogP contribution in [0.1, 0.15) is 11.3 Å². The smallest absolute Gasteiger partial charge is 0.161 e. The molecule has 3 heterocycles. The van der Waals surface area contributed by atoms with Gasteiger partial charge in [-0.15, -0.1) is 0 Å². The molecule has 0 bridgehead atoms. The first-order chi connectivity index (χ1) is 13.7. The fraction of sp³-hybridized carbons (Fsp3) is 0.136. The van der Waals surface area contributed by atoms with Gasteiger partial charge in [-0.1, -0.05) is 36.4 Å². The van der Waals surface area contributed by atoms with E-state index in [0.717, 1.165) is 46.8 Å². The van der Waals surface area contributed by atoms with E-state index in [9.17, 15) is 0 Å². The molecule has 1 aliphatic heterocycles. The van der Waals surface area contributed by atoms with E-state index < -0.39 is 0 Å². The van der Waals surface area contributed by atoms with Crippen LogP contribution in [0.4, 0.5) is 28.7 Å². The topological polar surface area (TPSA) is 80.0 Å². The molecule has 4 aromatic rings. The van der Waals surface area contributed by atoms with Gasteiger partial charge in [0.15, 0.2) is 11.6 Å². The van der Waals surface area contributed by atoms with Crippen molar-refractivity contribution < 1.29 is 0 Å². The summed E-state index contributed by atoms with van der Waals surface area (Å²) in [5, 5.41) is 4.43. The van der Waals surface area contributed by atoms with Crippen molar-refractivity contribution in [3.63, 3.8) is 0 Å². The third-order valence-corrected chi connectivity index (χ3v) is 5.12. The molecule has 6 nitrogen and oxygen atoms in total. The summed E-state index contributed by atoms with van der Waals surface area (Å²) in [6, 6.07) is 18.5. The number of anilines is 5. The number of benzene rings is 2. The van der Waals surface area contributed by atoms with Crippen LogP contribution < -0.4 is 16.0 Å². The lowest BCUT2D eigenvalue weighted by atomic mass is 10.1. The largest absolute Gasteiger partial charge is 0.393 e. The van der Waals surface area contributed by atoms with E-state index in [-0.39, 0.29) is 0 Å². The molecule has 0 spiro atoms. The molecule has 0 aliphatic carbocycles. The van der Waals surface area contributed by atoms with Crippen LogP contribution in [0.15, 0.2) is 60.9 Å². The van der Waals surface area contributed by atoms with E-state index in [4.69, 9.17) is 5.73 Å². The molecule has 3 N–H and O–H groups in total. The van der Waals surface area contributed by atoms with Crippen LogP contribution in [0.5, 0.6) is 0 Å². The highest BCUT2D eigenvalue weighted by Crippen LogP contribution is 2.38. The molecular formula is C22H20N6. The number of rotatable bonds is 3. The van der Waals surface area contributed by atoms with Gasteiger partial charge in [0.1, 0.15) is 12.0 Å². The number of hydrogen-bond acceptors (Lipinski definition) is 6. The van der Waals surface area contributed by atoms with Crippen LogP contribution in [0.2, 0.25) is 0 Å². The van der Waals surface area contributed by atoms with E-state index >= 15 is 0 Å². The molecule has 0 fully saturated rings. The fourth-order valence-electron chi connectivity index (χ4n) is 3.73. The molecule has 5 rings (SSSR count). The van der Waals surface area contributed by atoms with Crippen LogP contribution in [0.3, 0.4) is 0 Å². The number of nitrogen functional groups attached to an aromatic ring is 1. The number of pyridine rings is 1. The number of fused-ring (bicyclic) bond motifs is 2. The van der Waals surface area contributed by atoms with Crippen molar-refractivity contribution in [2.75, 3.05) is 22.5 Å². The summed E-state index contributed by atoms with van der Waals surface area (Å²) < 4.78 is 0. The average Bonchev–Trinajstić information content (AvgIpc) is 3.14. The van der Waals surface area contributed by atoms with Gasteiger partial charge in [0, 0.05) is 23.3 Å². The fourth-order valence-corrected chi connectivity index (χ4v) is 3.73. The number of nitrogens with two attached hydrogens (primary N) is 1. The summed E-state index contributed by atoms with van der Waals surface area (Å²) in [5.74, 6) is 1.32. The molecule has 2 aromatic heterocycles. The molecular weight excluding hydrogens is 348 g/mol. The van der Waals surface area contributed by atoms with Crippen LogP contribution in [0, 0.1) is 6.92 Å². The van der Waals surface area contributed by atoms with Crippen LogP contribution in [0.25, 0.3) is 10.9 Å². The second-order valence-corrected chi connectivity index (χ2v) is 6.94. The maximum Gasteiger partial charge on any atom is 0.161 e. The minimum atomic E-state index is 0.531. The lowest BCUT2D eigenvalue weighted by molar-refractivity contribution is 0.967. The van der Waals surface area contributed by atoms with Gasteiger partial charge in [0.2, 0.25) is 0 Å². The van der Waals surface area contributed by atoms with E-state index in [1.165, 1.54) is 5.56 Å². The molecule has 0 saturated carbocycles. The number of aromatic nitrogens is 3. The molecule has 6 heteroatoms. The van der Waals surface area contributed by atoms with Gasteiger partial charge in [-0.25, -0.2) is 9.97 Å². The highest BCUT2D eigenvalue weighted by Gasteiger charge is 2.24. The summed E-state index contributed by atoms with van der Waals surface area (Å²) in [6.07, 6.45) is 2.54. The number of para-hydroxylation sites is 2. The van der Waals surface area contributed by atoms with Gasteiger partial charge in [-0.2, -0.15) is 0 Å². The molecule has 0 amide bonds. The predicted octanol–water partition coefficient (Wildman–Crippen LogP) is 4.35. The minimum absolute atomic E-state index is 0.531. The van der Waals surface area contributed by atoms with Crippen LogP contribution >= 0.6 is 0 Å². The Bertz CT molecular complexity index is 1190. The monoisotopic (exact) mass is 368 g/mol. The Hall–Kier alpha value is -3.67. The second-order valence-electron chi connectivity index (χ2n) is 6.94. The lowest BCUT2D eigenvalue weighted by Crippen LogP contribution is -2.17. The normalized spacial score (nSPS) is 13.0. The maximum atomic E-state index is 6.49. The molecule has 2 aromatic carbocycles. The second kappa shape index (κ2) is 6.49. The summed E-state index contributed by atoms with van der Waals surface area (Å²) in [6.45, 7) is 2.84. The number of aryl methyl sites for hydroxylation is 1. The van der Waals surface area contributed by atoms with Crippen molar-refractivity contribution in [1.82, 2.24) is 15.0 Å². The molecule has 0 atom stereocenters. The Morgan fingerprint density at radius 3 is 2.82 bits per heavy atom. The van der Waals surface area contributed by atoms with Gasteiger partial charge < -0.3 is 16.0 Å². The highest BCUT2D eigenvalue weighted by atomic mass is 15.2. The van der Waals surface area contributed by atoms with E-state index in [2.05, 4.69) is 49.4 Å². The molecule has 28 heavy (non-hydrogen) atoms. The number of nitrogens with one attached hydrogen (secondary N) is 1. The van der Waals surface area contributed by atoms with Gasteiger partial charge in [-0.05, 0) is 37.1 Å². The Morgan fingerprint density at radius 2 is 1.89 bits per heavy atom. The van der Waals surface area contributed by atoms with Crippen molar-refractivity contribution >= 4 is 39.6 Å². The summed E-state index contributed by atoms with van der Waals surface area (Å²) in [5.41, 5.74) is 12.2. The van der Waals surface area contributed by atoms with E-state index in [0.29, 0.717) is 11.5 Å². The summed E-state index contributed by atoms with van der Waals surface area (Å²) in [7, 11) is 0. The summed E-state index contributed by atoms with van der Waals surface area (Å²) in [4.78, 5) is 15.7. The van der Waals surface area contributed by atoms with Crippen molar-refractivity contribution in [3.05, 3.63) is 72.2 Å². The zero-order chi connectivity index (χ0) is 19.1. The zero-order valence-electron chi connectivity index (χ0n) is 15.6. The first-order valence-corrected chi connectivity index (χ1v) is 9.30. The Kier molecular flexibility index (Phi) is 3.83. The third-order valence-electron chi connectivity index (χ3n) is 5.12. The number of nitrogens with zero attached hydrogens (tertiary/aromatic N) is 4. The standard InChI is InChI=1S/C22H20N6/c1-14-9-10-16-6-4-7-17(20(16)26-14)27-21-19(23)22(25-13-24-21)28-12-11-15-5-2-3-8-18(15)28/h2-10,13H,11-12,23H2,1H3,(H,24,25,27). The van der Waals surface area contributed by atoms with Gasteiger partial charge in [0.25, 0.3) is 0 Å². The molecule has 0 unspecified atom stereocenters. The van der Waals surface area contributed by atoms with Gasteiger partial charge in [-0.3, -0.25) is 4.98 Å². The average molecular weight is 368 g/mol. The Morgan fingerprint density at radius 1 is 1.00 bits per heavy atom. The van der Waals surface area contributed by atoms with Crippen LogP contribution in [-0.4, -0.2) is 21.5 Å². The van der Waals surface area contributed by atoms with E-state index in [1.807, 2.05) is 37.3 Å². The van der Waals surface area contributed by atoms with Gasteiger partial charge in [0.05, 0.1) is 11.2 Å². The number of hydrogen-bond donors (Lipinski definition) is 2. The van der Waals surface area contributed by atoms with Crippen LogP contribution in [-0.2, 0) is 6.42 Å². The first-order valence-electron chi connectivity index (χ1n) is 9.30. The van der Waals surface area contributed by atoms with Crippen molar-refractivity contribution in [1.29, 1.82) is 0 Å². The van der Waals surface area contributed by atoms with Crippen molar-refractivity contribution in [3.8, 4) is 0 Å². The third kappa shape index (κ3) is 2.70. The molecule has 0 saturated heterocycles.